The van der Waals surface area contributed by atoms with Gasteiger partial charge in [0.05, 0.1) is 0 Å². The summed E-state index contributed by atoms with van der Waals surface area (Å²) in [6, 6.07) is 3.83. The van der Waals surface area contributed by atoms with E-state index in [9.17, 15) is 8.78 Å². The third kappa shape index (κ3) is 1.11. The average molecular weight is 168 g/mol. The van der Waals surface area contributed by atoms with E-state index in [0.29, 0.717) is 5.56 Å². The van der Waals surface area contributed by atoms with Gasteiger partial charge in [0.2, 0.25) is 0 Å². The molecule has 1 aliphatic rings. The standard InChI is InChI=1S/C10H10F2/c1-10(4-5-10)8-3-2-7(11)6-9(8)12/h2-3,6H,4-5H2,1H3. The Bertz CT molecular complexity index is 314. The maximum atomic E-state index is 13.1. The molecule has 0 aliphatic heterocycles. The van der Waals surface area contributed by atoms with E-state index in [1.54, 1.807) is 6.07 Å². The lowest BCUT2D eigenvalue weighted by atomic mass is 9.98. The Balaban J connectivity index is 2.45. The van der Waals surface area contributed by atoms with Crippen LogP contribution >= 0.6 is 0 Å². The normalized spacial score (nSPS) is 19.2. The van der Waals surface area contributed by atoms with E-state index in [4.69, 9.17) is 0 Å². The van der Waals surface area contributed by atoms with Crippen molar-refractivity contribution < 1.29 is 8.78 Å². The molecule has 1 fully saturated rings. The quantitative estimate of drug-likeness (QED) is 0.604. The van der Waals surface area contributed by atoms with Crippen molar-refractivity contribution in [2.75, 3.05) is 0 Å². The molecule has 64 valence electrons. The van der Waals surface area contributed by atoms with Crippen LogP contribution in [0.4, 0.5) is 8.78 Å². The largest absolute Gasteiger partial charge is 0.207 e. The summed E-state index contributed by atoms with van der Waals surface area (Å²) >= 11 is 0. The molecule has 1 aromatic carbocycles. The smallest absolute Gasteiger partial charge is 0.129 e. The lowest BCUT2D eigenvalue weighted by Crippen LogP contribution is -2.03. The first-order valence-electron chi connectivity index (χ1n) is 4.07. The summed E-state index contributed by atoms with van der Waals surface area (Å²) in [5.74, 6) is -0.907. The summed E-state index contributed by atoms with van der Waals surface area (Å²) in [5.41, 5.74) is 0.640. The van der Waals surface area contributed by atoms with Crippen LogP contribution in [0.1, 0.15) is 25.3 Å². The summed E-state index contributed by atoms with van der Waals surface area (Å²) in [7, 11) is 0. The Labute approximate surface area is 70.2 Å². The molecule has 0 nitrogen and oxygen atoms in total. The molecule has 0 heterocycles. The minimum absolute atomic E-state index is 0.0161. The van der Waals surface area contributed by atoms with Crippen LogP contribution in [0, 0.1) is 11.6 Å². The first kappa shape index (κ1) is 7.71. The van der Waals surface area contributed by atoms with E-state index in [0.717, 1.165) is 18.9 Å². The Morgan fingerprint density at radius 1 is 1.25 bits per heavy atom. The monoisotopic (exact) mass is 168 g/mol. The van der Waals surface area contributed by atoms with Crippen LogP contribution in [0.3, 0.4) is 0 Å². The van der Waals surface area contributed by atoms with Crippen molar-refractivity contribution in [2.24, 2.45) is 0 Å². The molecule has 0 bridgehead atoms. The molecule has 0 amide bonds. The maximum absolute atomic E-state index is 13.1. The minimum Gasteiger partial charge on any atom is -0.207 e. The van der Waals surface area contributed by atoms with Gasteiger partial charge in [0.25, 0.3) is 0 Å². The van der Waals surface area contributed by atoms with Gasteiger partial charge in [0.1, 0.15) is 11.6 Å². The molecule has 1 saturated carbocycles. The van der Waals surface area contributed by atoms with E-state index in [-0.39, 0.29) is 5.41 Å². The Kier molecular flexibility index (Phi) is 1.47. The summed E-state index contributed by atoms with van der Waals surface area (Å²) in [5, 5.41) is 0. The van der Waals surface area contributed by atoms with Gasteiger partial charge < -0.3 is 0 Å². The number of rotatable bonds is 1. The highest BCUT2D eigenvalue weighted by atomic mass is 19.1. The molecule has 0 radical (unpaired) electrons. The molecule has 0 unspecified atom stereocenters. The number of benzene rings is 1. The number of halogens is 2. The third-order valence-corrected chi connectivity index (χ3v) is 2.58. The van der Waals surface area contributed by atoms with Gasteiger partial charge in [-0.25, -0.2) is 8.78 Å². The highest BCUT2D eigenvalue weighted by Crippen LogP contribution is 2.48. The zero-order chi connectivity index (χ0) is 8.77. The molecule has 12 heavy (non-hydrogen) atoms. The Hall–Kier alpha value is -0.920. The zero-order valence-corrected chi connectivity index (χ0v) is 6.90. The van der Waals surface area contributed by atoms with Gasteiger partial charge in [-0.05, 0) is 29.9 Å². The second-order valence-corrected chi connectivity index (χ2v) is 3.68. The van der Waals surface area contributed by atoms with Crippen LogP contribution in [-0.2, 0) is 5.41 Å². The summed E-state index contributed by atoms with van der Waals surface area (Å²) in [6.45, 7) is 2.00. The summed E-state index contributed by atoms with van der Waals surface area (Å²) in [4.78, 5) is 0. The maximum Gasteiger partial charge on any atom is 0.129 e. The first-order chi connectivity index (χ1) is 5.62. The predicted molar refractivity (Wildman–Crippen MR) is 42.9 cm³/mol. The summed E-state index contributed by atoms with van der Waals surface area (Å²) in [6.07, 6.45) is 2.02. The van der Waals surface area contributed by atoms with E-state index in [1.807, 2.05) is 6.92 Å². The molecule has 1 aromatic rings. The van der Waals surface area contributed by atoms with Gasteiger partial charge in [-0.2, -0.15) is 0 Å². The first-order valence-corrected chi connectivity index (χ1v) is 4.07. The number of hydrogen-bond donors (Lipinski definition) is 0. The molecule has 2 heteroatoms. The van der Waals surface area contributed by atoms with Gasteiger partial charge in [-0.15, -0.1) is 0 Å². The van der Waals surface area contributed by atoms with Gasteiger partial charge in [0, 0.05) is 6.07 Å². The second-order valence-electron chi connectivity index (χ2n) is 3.68. The second kappa shape index (κ2) is 2.28. The van der Waals surface area contributed by atoms with Crippen LogP contribution in [0.5, 0.6) is 0 Å². The third-order valence-electron chi connectivity index (χ3n) is 2.58. The van der Waals surface area contributed by atoms with Crippen LogP contribution in [0.25, 0.3) is 0 Å². The van der Waals surface area contributed by atoms with Gasteiger partial charge in [-0.1, -0.05) is 13.0 Å². The van der Waals surface area contributed by atoms with Crippen molar-refractivity contribution >= 4 is 0 Å². The van der Waals surface area contributed by atoms with Crippen LogP contribution in [-0.4, -0.2) is 0 Å². The van der Waals surface area contributed by atoms with Crippen molar-refractivity contribution in [1.29, 1.82) is 0 Å². The molecule has 0 saturated heterocycles. The van der Waals surface area contributed by atoms with Crippen molar-refractivity contribution in [3.05, 3.63) is 35.4 Å². The predicted octanol–water partition coefficient (Wildman–Crippen LogP) is 3.02. The van der Waals surface area contributed by atoms with Crippen molar-refractivity contribution in [3.63, 3.8) is 0 Å². The topological polar surface area (TPSA) is 0 Å². The lowest BCUT2D eigenvalue weighted by Gasteiger charge is -2.09. The Morgan fingerprint density at radius 3 is 2.42 bits per heavy atom. The van der Waals surface area contributed by atoms with Crippen LogP contribution < -0.4 is 0 Å². The molecular formula is C10H10F2. The highest BCUT2D eigenvalue weighted by molar-refractivity contribution is 5.31. The molecule has 0 N–H and O–H groups in total. The van der Waals surface area contributed by atoms with Crippen molar-refractivity contribution in [2.45, 2.75) is 25.2 Å². The lowest BCUT2D eigenvalue weighted by molar-refractivity contribution is 0.557. The molecule has 0 aromatic heterocycles. The van der Waals surface area contributed by atoms with Gasteiger partial charge in [-0.3, -0.25) is 0 Å². The van der Waals surface area contributed by atoms with Crippen LogP contribution in [0.15, 0.2) is 18.2 Å². The van der Waals surface area contributed by atoms with E-state index < -0.39 is 11.6 Å². The molecule has 1 aliphatic carbocycles. The summed E-state index contributed by atoms with van der Waals surface area (Å²) < 4.78 is 25.7. The Morgan fingerprint density at radius 2 is 1.92 bits per heavy atom. The van der Waals surface area contributed by atoms with Gasteiger partial charge in [0.15, 0.2) is 0 Å². The molecule has 0 spiro atoms. The fourth-order valence-electron chi connectivity index (χ4n) is 1.44. The molecule has 2 rings (SSSR count). The number of hydrogen-bond acceptors (Lipinski definition) is 0. The fraction of sp³-hybridized carbons (Fsp3) is 0.400. The highest BCUT2D eigenvalue weighted by Gasteiger charge is 2.40. The molecular weight excluding hydrogens is 158 g/mol. The molecule has 0 atom stereocenters. The van der Waals surface area contributed by atoms with E-state index in [2.05, 4.69) is 0 Å². The average Bonchev–Trinajstić information content (AvgIpc) is 2.68. The van der Waals surface area contributed by atoms with E-state index >= 15 is 0 Å². The van der Waals surface area contributed by atoms with Gasteiger partial charge >= 0.3 is 0 Å². The van der Waals surface area contributed by atoms with Crippen molar-refractivity contribution in [3.8, 4) is 0 Å². The van der Waals surface area contributed by atoms with Crippen molar-refractivity contribution in [1.82, 2.24) is 0 Å². The SMILES string of the molecule is CC1(c2ccc(F)cc2F)CC1. The zero-order valence-electron chi connectivity index (χ0n) is 6.90. The van der Waals surface area contributed by atoms with Crippen LogP contribution in [0.2, 0.25) is 0 Å². The minimum atomic E-state index is -0.500. The van der Waals surface area contributed by atoms with E-state index in [1.165, 1.54) is 6.07 Å². The fourth-order valence-corrected chi connectivity index (χ4v) is 1.44.